The van der Waals surface area contributed by atoms with E-state index in [1.54, 1.807) is 0 Å². The van der Waals surface area contributed by atoms with Crippen LogP contribution in [0.2, 0.25) is 0 Å². The van der Waals surface area contributed by atoms with Crippen molar-refractivity contribution < 1.29 is 4.79 Å². The minimum absolute atomic E-state index is 0.0520. The number of hydrogen-bond acceptors (Lipinski definition) is 1. The normalized spacial score (nSPS) is 37.1. The van der Waals surface area contributed by atoms with Crippen LogP contribution in [0.4, 0.5) is 0 Å². The van der Waals surface area contributed by atoms with Crippen molar-refractivity contribution in [3.05, 3.63) is 12.2 Å². The lowest BCUT2D eigenvalue weighted by Gasteiger charge is -2.15. The summed E-state index contributed by atoms with van der Waals surface area (Å²) in [4.78, 5) is 10.7. The molecule has 1 nitrogen and oxygen atoms in total. The van der Waals surface area contributed by atoms with Gasteiger partial charge in [-0.25, -0.2) is 0 Å². The van der Waals surface area contributed by atoms with Gasteiger partial charge in [-0.05, 0) is 32.1 Å². The smallest absolute Gasteiger partial charge is 0.125 e. The van der Waals surface area contributed by atoms with Gasteiger partial charge in [-0.15, -0.1) is 0 Å². The van der Waals surface area contributed by atoms with Crippen molar-refractivity contribution in [1.29, 1.82) is 0 Å². The van der Waals surface area contributed by atoms with Crippen LogP contribution < -0.4 is 0 Å². The molecule has 0 heterocycles. The molecule has 0 aliphatic heterocycles. The van der Waals surface area contributed by atoms with E-state index >= 15 is 0 Å². The van der Waals surface area contributed by atoms with Gasteiger partial charge in [-0.3, -0.25) is 0 Å². The fourth-order valence-electron chi connectivity index (χ4n) is 1.80. The van der Waals surface area contributed by atoms with Crippen LogP contribution in [0.5, 0.6) is 0 Å². The molecule has 0 bridgehead atoms. The Morgan fingerprint density at radius 1 is 1.73 bits per heavy atom. The second-order valence-corrected chi connectivity index (χ2v) is 4.06. The topological polar surface area (TPSA) is 17.1 Å². The summed E-state index contributed by atoms with van der Waals surface area (Å²) in [5.41, 5.74) is 1.18. The van der Waals surface area contributed by atoms with Gasteiger partial charge in [0.1, 0.15) is 6.29 Å². The number of allylic oxidation sites excluding steroid dienone is 1. The van der Waals surface area contributed by atoms with E-state index in [0.29, 0.717) is 5.92 Å². The third-order valence-corrected chi connectivity index (χ3v) is 2.76. The zero-order chi connectivity index (χ0) is 8.48. The van der Waals surface area contributed by atoms with Crippen LogP contribution in [0.3, 0.4) is 0 Å². The summed E-state index contributed by atoms with van der Waals surface area (Å²) in [6, 6.07) is 0. The molecule has 1 rings (SSSR count). The Hall–Kier alpha value is -0.590. The van der Waals surface area contributed by atoms with Crippen molar-refractivity contribution in [1.82, 2.24) is 0 Å². The Balaban J connectivity index is 2.59. The zero-order valence-corrected chi connectivity index (χ0v) is 7.39. The van der Waals surface area contributed by atoms with E-state index in [-0.39, 0.29) is 5.41 Å². The van der Waals surface area contributed by atoms with Crippen molar-refractivity contribution in [2.24, 2.45) is 11.3 Å². The molecule has 1 heteroatoms. The van der Waals surface area contributed by atoms with Crippen molar-refractivity contribution in [3.8, 4) is 0 Å². The Kier molecular flexibility index (Phi) is 2.17. The third-order valence-electron chi connectivity index (χ3n) is 2.76. The second-order valence-electron chi connectivity index (χ2n) is 4.06. The number of hydrogen-bond donors (Lipinski definition) is 0. The summed E-state index contributed by atoms with van der Waals surface area (Å²) in [6.07, 6.45) is 4.29. The van der Waals surface area contributed by atoms with E-state index in [0.717, 1.165) is 25.5 Å². The van der Waals surface area contributed by atoms with Crippen LogP contribution in [0.25, 0.3) is 0 Å². The predicted octanol–water partition coefficient (Wildman–Crippen LogP) is 2.57. The Morgan fingerprint density at radius 2 is 2.36 bits per heavy atom. The highest BCUT2D eigenvalue weighted by Gasteiger charge is 2.34. The summed E-state index contributed by atoms with van der Waals surface area (Å²) >= 11 is 0. The van der Waals surface area contributed by atoms with Gasteiger partial charge < -0.3 is 4.79 Å². The van der Waals surface area contributed by atoms with Crippen LogP contribution in [-0.4, -0.2) is 6.29 Å². The molecule has 0 aromatic heterocycles. The Morgan fingerprint density at radius 3 is 2.64 bits per heavy atom. The minimum atomic E-state index is -0.0520. The van der Waals surface area contributed by atoms with E-state index in [4.69, 9.17) is 0 Å². The predicted molar refractivity (Wildman–Crippen MR) is 46.3 cm³/mol. The molecule has 2 unspecified atom stereocenters. The molecule has 11 heavy (non-hydrogen) atoms. The molecular weight excluding hydrogens is 136 g/mol. The first-order valence-corrected chi connectivity index (χ1v) is 4.19. The van der Waals surface area contributed by atoms with Gasteiger partial charge in [0.05, 0.1) is 0 Å². The van der Waals surface area contributed by atoms with Gasteiger partial charge in [0.15, 0.2) is 0 Å². The largest absolute Gasteiger partial charge is 0.303 e. The first kappa shape index (κ1) is 8.51. The van der Waals surface area contributed by atoms with Crippen LogP contribution in [0.15, 0.2) is 12.2 Å². The van der Waals surface area contributed by atoms with E-state index < -0.39 is 0 Å². The molecule has 1 saturated carbocycles. The summed E-state index contributed by atoms with van der Waals surface area (Å²) in [6.45, 7) is 8.02. The monoisotopic (exact) mass is 152 g/mol. The molecular formula is C10H16O. The number of aldehydes is 1. The molecule has 0 saturated heterocycles. The van der Waals surface area contributed by atoms with Crippen LogP contribution in [-0.2, 0) is 4.79 Å². The number of carbonyl (C=O) groups is 1. The van der Waals surface area contributed by atoms with Crippen molar-refractivity contribution in [2.75, 3.05) is 0 Å². The first-order valence-electron chi connectivity index (χ1n) is 4.19. The van der Waals surface area contributed by atoms with Gasteiger partial charge >= 0.3 is 0 Å². The maximum Gasteiger partial charge on any atom is 0.125 e. The lowest BCUT2D eigenvalue weighted by atomic mass is 9.88. The maximum atomic E-state index is 10.7. The van der Waals surface area contributed by atoms with E-state index in [9.17, 15) is 4.79 Å². The summed E-state index contributed by atoms with van der Waals surface area (Å²) in [5.74, 6) is 0.588. The van der Waals surface area contributed by atoms with Gasteiger partial charge in [-0.1, -0.05) is 19.1 Å². The van der Waals surface area contributed by atoms with Gasteiger partial charge in [0.25, 0.3) is 0 Å². The van der Waals surface area contributed by atoms with E-state index in [2.05, 4.69) is 13.5 Å². The third kappa shape index (κ3) is 1.70. The highest BCUT2D eigenvalue weighted by molar-refractivity contribution is 5.59. The van der Waals surface area contributed by atoms with Crippen molar-refractivity contribution in [2.45, 2.75) is 33.1 Å². The molecule has 0 amide bonds. The van der Waals surface area contributed by atoms with Crippen LogP contribution >= 0.6 is 0 Å². The van der Waals surface area contributed by atoms with Crippen molar-refractivity contribution in [3.63, 3.8) is 0 Å². The molecule has 0 aromatic rings. The van der Waals surface area contributed by atoms with Gasteiger partial charge in [0, 0.05) is 5.41 Å². The van der Waals surface area contributed by atoms with Crippen LogP contribution in [0.1, 0.15) is 33.1 Å². The quantitative estimate of drug-likeness (QED) is 0.439. The average Bonchev–Trinajstić information content (AvgIpc) is 2.33. The molecule has 1 aliphatic carbocycles. The average molecular weight is 152 g/mol. The number of carbonyl (C=O) groups excluding carboxylic acids is 1. The number of rotatable bonds is 2. The molecule has 0 radical (unpaired) electrons. The fourth-order valence-corrected chi connectivity index (χ4v) is 1.80. The highest BCUT2D eigenvalue weighted by atomic mass is 16.1. The van der Waals surface area contributed by atoms with Gasteiger partial charge in [-0.2, -0.15) is 0 Å². The summed E-state index contributed by atoms with van der Waals surface area (Å²) in [7, 11) is 0. The fraction of sp³-hybridized carbons (Fsp3) is 0.700. The molecule has 0 aromatic carbocycles. The van der Waals surface area contributed by atoms with E-state index in [1.165, 1.54) is 5.57 Å². The minimum Gasteiger partial charge on any atom is -0.303 e. The van der Waals surface area contributed by atoms with Crippen molar-refractivity contribution >= 4 is 6.29 Å². The molecule has 62 valence electrons. The zero-order valence-electron chi connectivity index (χ0n) is 7.39. The Labute approximate surface area is 68.5 Å². The maximum absolute atomic E-state index is 10.7. The SMILES string of the molecule is C=C(C)C1CCC(C)(C=O)C1. The molecule has 1 fully saturated rings. The molecule has 2 atom stereocenters. The van der Waals surface area contributed by atoms with Gasteiger partial charge in [0.2, 0.25) is 0 Å². The Bertz CT molecular complexity index is 183. The molecule has 0 spiro atoms. The summed E-state index contributed by atoms with van der Waals surface area (Å²) < 4.78 is 0. The second kappa shape index (κ2) is 2.80. The summed E-state index contributed by atoms with van der Waals surface area (Å²) in [5, 5.41) is 0. The standard InChI is InChI=1S/C10H16O/c1-8(2)9-4-5-10(3,6-9)7-11/h7,9H,1,4-6H2,2-3H3. The molecule has 0 N–H and O–H groups in total. The van der Waals surface area contributed by atoms with Crippen LogP contribution in [0, 0.1) is 11.3 Å². The van der Waals surface area contributed by atoms with E-state index in [1.807, 2.05) is 6.92 Å². The molecule has 1 aliphatic rings. The lowest BCUT2D eigenvalue weighted by Crippen LogP contribution is -2.13. The highest BCUT2D eigenvalue weighted by Crippen LogP contribution is 2.42. The first-order chi connectivity index (χ1) is 5.07. The lowest BCUT2D eigenvalue weighted by molar-refractivity contribution is -0.115.